The molecule has 0 unspecified atom stereocenters. The maximum Gasteiger partial charge on any atom is 0.134 e. The second-order valence-corrected chi connectivity index (χ2v) is 4.89. The molecular formula is C13H18OS. The van der Waals surface area contributed by atoms with E-state index in [2.05, 4.69) is 31.2 Å². The minimum absolute atomic E-state index is 0.224. The van der Waals surface area contributed by atoms with E-state index in [-0.39, 0.29) is 5.78 Å². The van der Waals surface area contributed by atoms with E-state index >= 15 is 0 Å². The number of carbonyl (C=O) groups excluding carboxylic acids is 1. The molecule has 0 saturated heterocycles. The zero-order valence-electron chi connectivity index (χ0n) is 9.45. The van der Waals surface area contributed by atoms with Gasteiger partial charge in [-0.3, -0.25) is 4.79 Å². The first-order chi connectivity index (χ1) is 7.22. The second kappa shape index (κ2) is 6.67. The third-order valence-corrected chi connectivity index (χ3v) is 3.24. The third-order valence-electron chi connectivity index (χ3n) is 2.14. The number of thioether (sulfide) groups is 1. The lowest BCUT2D eigenvalue weighted by atomic mass is 10.1. The van der Waals surface area contributed by atoms with Gasteiger partial charge in [-0.1, -0.05) is 25.5 Å². The lowest BCUT2D eigenvalue weighted by molar-refractivity contribution is -0.116. The topological polar surface area (TPSA) is 17.1 Å². The molecular weight excluding hydrogens is 204 g/mol. The third kappa shape index (κ3) is 5.03. The molecule has 1 aromatic carbocycles. The van der Waals surface area contributed by atoms with Crippen LogP contribution in [0.15, 0.2) is 29.2 Å². The fourth-order valence-corrected chi connectivity index (χ4v) is 2.32. The number of carbonyl (C=O) groups is 1. The number of Topliss-reactive ketones (excluding diaryl/α,β-unsaturated/α-hetero) is 1. The van der Waals surface area contributed by atoms with Crippen molar-refractivity contribution in [1.82, 2.24) is 0 Å². The smallest absolute Gasteiger partial charge is 0.134 e. The van der Waals surface area contributed by atoms with Gasteiger partial charge in [0.05, 0.1) is 0 Å². The summed E-state index contributed by atoms with van der Waals surface area (Å²) in [7, 11) is 0. The van der Waals surface area contributed by atoms with Crippen LogP contribution in [0.4, 0.5) is 0 Å². The summed E-state index contributed by atoms with van der Waals surface area (Å²) in [5, 5.41) is 0. The van der Waals surface area contributed by atoms with Gasteiger partial charge in [0.1, 0.15) is 5.78 Å². The molecule has 0 aliphatic heterocycles. The quantitative estimate of drug-likeness (QED) is 0.539. The predicted molar refractivity (Wildman–Crippen MR) is 66.5 cm³/mol. The summed E-state index contributed by atoms with van der Waals surface area (Å²) in [5.74, 6) is 1.41. The van der Waals surface area contributed by atoms with Crippen LogP contribution in [0.2, 0.25) is 0 Å². The fourth-order valence-electron chi connectivity index (χ4n) is 1.33. The Hall–Kier alpha value is -0.760. The number of ketones is 1. The standard InChI is InChI=1S/C13H18OS/c1-3-4-9-15-13-7-5-12(6-8-13)10-11(2)14/h5-8H,3-4,9-10H2,1-2H3. The molecule has 0 radical (unpaired) electrons. The number of rotatable bonds is 6. The van der Waals surface area contributed by atoms with Crippen LogP contribution >= 0.6 is 11.8 Å². The van der Waals surface area contributed by atoms with Crippen molar-refractivity contribution in [3.8, 4) is 0 Å². The molecule has 15 heavy (non-hydrogen) atoms. The zero-order valence-corrected chi connectivity index (χ0v) is 10.3. The molecule has 0 fully saturated rings. The van der Waals surface area contributed by atoms with Crippen LogP contribution in [-0.4, -0.2) is 11.5 Å². The lowest BCUT2D eigenvalue weighted by Gasteiger charge is -2.02. The highest BCUT2D eigenvalue weighted by Gasteiger charge is 1.98. The van der Waals surface area contributed by atoms with Crippen LogP contribution in [0.25, 0.3) is 0 Å². The maximum absolute atomic E-state index is 10.9. The van der Waals surface area contributed by atoms with Gasteiger partial charge in [-0.2, -0.15) is 0 Å². The number of hydrogen-bond donors (Lipinski definition) is 0. The van der Waals surface area contributed by atoms with Crippen LogP contribution in [0, 0.1) is 0 Å². The van der Waals surface area contributed by atoms with Crippen molar-refractivity contribution in [2.75, 3.05) is 5.75 Å². The molecule has 0 spiro atoms. The predicted octanol–water partition coefficient (Wildman–Crippen LogP) is 3.71. The number of benzene rings is 1. The van der Waals surface area contributed by atoms with Gasteiger partial charge in [0.25, 0.3) is 0 Å². The van der Waals surface area contributed by atoms with Gasteiger partial charge >= 0.3 is 0 Å². The van der Waals surface area contributed by atoms with Crippen molar-refractivity contribution in [2.45, 2.75) is 38.0 Å². The Labute approximate surface area is 96.3 Å². The number of unbranched alkanes of at least 4 members (excludes halogenated alkanes) is 1. The normalized spacial score (nSPS) is 10.3. The molecule has 1 rings (SSSR count). The summed E-state index contributed by atoms with van der Waals surface area (Å²) in [5.41, 5.74) is 1.11. The summed E-state index contributed by atoms with van der Waals surface area (Å²) in [6.45, 7) is 3.83. The first-order valence-electron chi connectivity index (χ1n) is 5.43. The van der Waals surface area contributed by atoms with Gasteiger partial charge < -0.3 is 0 Å². The Morgan fingerprint density at radius 1 is 1.27 bits per heavy atom. The average molecular weight is 222 g/mol. The number of hydrogen-bond acceptors (Lipinski definition) is 2. The Kier molecular flexibility index (Phi) is 5.48. The summed E-state index contributed by atoms with van der Waals surface area (Å²) >= 11 is 1.89. The molecule has 1 aromatic rings. The molecule has 0 saturated carbocycles. The largest absolute Gasteiger partial charge is 0.300 e. The highest BCUT2D eigenvalue weighted by Crippen LogP contribution is 2.19. The molecule has 2 heteroatoms. The van der Waals surface area contributed by atoms with Gasteiger partial charge in [0.2, 0.25) is 0 Å². The van der Waals surface area contributed by atoms with Crippen molar-refractivity contribution in [3.05, 3.63) is 29.8 Å². The van der Waals surface area contributed by atoms with E-state index in [0.717, 1.165) is 5.56 Å². The molecule has 0 N–H and O–H groups in total. The van der Waals surface area contributed by atoms with Crippen LogP contribution in [0.3, 0.4) is 0 Å². The van der Waals surface area contributed by atoms with Gasteiger partial charge in [-0.25, -0.2) is 0 Å². The molecule has 0 atom stereocenters. The van der Waals surface area contributed by atoms with E-state index in [0.29, 0.717) is 6.42 Å². The van der Waals surface area contributed by atoms with E-state index in [1.54, 1.807) is 6.92 Å². The van der Waals surface area contributed by atoms with Crippen molar-refractivity contribution < 1.29 is 4.79 Å². The van der Waals surface area contributed by atoms with Crippen LogP contribution in [0.1, 0.15) is 32.3 Å². The van der Waals surface area contributed by atoms with Crippen molar-refractivity contribution in [2.24, 2.45) is 0 Å². The maximum atomic E-state index is 10.9. The second-order valence-electron chi connectivity index (χ2n) is 3.72. The molecule has 1 nitrogen and oxygen atoms in total. The van der Waals surface area contributed by atoms with E-state index in [4.69, 9.17) is 0 Å². The van der Waals surface area contributed by atoms with Gasteiger partial charge in [-0.05, 0) is 36.8 Å². The Bertz CT molecular complexity index is 303. The monoisotopic (exact) mass is 222 g/mol. The molecule has 0 aliphatic rings. The van der Waals surface area contributed by atoms with Gasteiger partial charge in [-0.15, -0.1) is 11.8 Å². The summed E-state index contributed by atoms with van der Waals surface area (Å²) < 4.78 is 0. The first kappa shape index (κ1) is 12.3. The van der Waals surface area contributed by atoms with E-state index < -0.39 is 0 Å². The minimum atomic E-state index is 0.224. The summed E-state index contributed by atoms with van der Waals surface area (Å²) in [6.07, 6.45) is 3.06. The van der Waals surface area contributed by atoms with Crippen LogP contribution in [0.5, 0.6) is 0 Å². The van der Waals surface area contributed by atoms with Crippen LogP contribution in [-0.2, 0) is 11.2 Å². The summed E-state index contributed by atoms with van der Waals surface area (Å²) in [4.78, 5) is 12.2. The Morgan fingerprint density at radius 2 is 1.93 bits per heavy atom. The zero-order chi connectivity index (χ0) is 11.1. The van der Waals surface area contributed by atoms with Crippen molar-refractivity contribution >= 4 is 17.5 Å². The van der Waals surface area contributed by atoms with E-state index in [1.165, 1.54) is 23.5 Å². The minimum Gasteiger partial charge on any atom is -0.300 e. The highest BCUT2D eigenvalue weighted by atomic mass is 32.2. The van der Waals surface area contributed by atoms with Crippen molar-refractivity contribution in [1.29, 1.82) is 0 Å². The molecule has 0 aliphatic carbocycles. The molecule has 0 heterocycles. The van der Waals surface area contributed by atoms with Crippen LogP contribution < -0.4 is 0 Å². The average Bonchev–Trinajstić information content (AvgIpc) is 2.20. The Morgan fingerprint density at radius 3 is 2.47 bits per heavy atom. The molecule has 0 bridgehead atoms. The lowest BCUT2D eigenvalue weighted by Crippen LogP contribution is -1.95. The SMILES string of the molecule is CCCCSc1ccc(CC(C)=O)cc1. The highest BCUT2D eigenvalue weighted by molar-refractivity contribution is 7.99. The molecule has 0 aromatic heterocycles. The molecule has 0 amide bonds. The Balaban J connectivity index is 2.45. The van der Waals surface area contributed by atoms with Gasteiger partial charge in [0.15, 0.2) is 0 Å². The van der Waals surface area contributed by atoms with Gasteiger partial charge in [0, 0.05) is 11.3 Å². The van der Waals surface area contributed by atoms with Crippen molar-refractivity contribution in [3.63, 3.8) is 0 Å². The summed E-state index contributed by atoms with van der Waals surface area (Å²) in [6, 6.07) is 8.32. The molecule has 82 valence electrons. The van der Waals surface area contributed by atoms with E-state index in [1.807, 2.05) is 11.8 Å². The van der Waals surface area contributed by atoms with E-state index in [9.17, 15) is 4.79 Å². The fraction of sp³-hybridized carbons (Fsp3) is 0.462. The first-order valence-corrected chi connectivity index (χ1v) is 6.42.